The fourth-order valence-corrected chi connectivity index (χ4v) is 3.50. The first-order chi connectivity index (χ1) is 14.6. The van der Waals surface area contributed by atoms with E-state index in [1.165, 1.54) is 0 Å². The average Bonchev–Trinajstić information content (AvgIpc) is 2.73. The van der Waals surface area contributed by atoms with Crippen LogP contribution < -0.4 is 10.1 Å². The van der Waals surface area contributed by atoms with Crippen LogP contribution in [0, 0.1) is 20.8 Å². The zero-order valence-electron chi connectivity index (χ0n) is 19.3. The van der Waals surface area contributed by atoms with E-state index in [9.17, 15) is 9.59 Å². The van der Waals surface area contributed by atoms with Crippen molar-refractivity contribution in [2.24, 2.45) is 0 Å². The Morgan fingerprint density at radius 2 is 1.74 bits per heavy atom. The Morgan fingerprint density at radius 1 is 1.10 bits per heavy atom. The zero-order valence-corrected chi connectivity index (χ0v) is 20.9. The number of amides is 2. The van der Waals surface area contributed by atoms with Crippen LogP contribution in [-0.2, 0) is 16.1 Å². The number of ether oxygens (including phenoxy) is 1. The monoisotopic (exact) mass is 488 g/mol. The highest BCUT2D eigenvalue weighted by atomic mass is 79.9. The van der Waals surface area contributed by atoms with Gasteiger partial charge in [0.15, 0.2) is 6.61 Å². The van der Waals surface area contributed by atoms with Crippen molar-refractivity contribution in [2.45, 2.75) is 66.6 Å². The molecule has 2 atom stereocenters. The van der Waals surface area contributed by atoms with Crippen LogP contribution in [0.2, 0.25) is 0 Å². The first kappa shape index (κ1) is 24.9. The Bertz CT molecular complexity index is 906. The Morgan fingerprint density at radius 3 is 2.32 bits per heavy atom. The van der Waals surface area contributed by atoms with E-state index < -0.39 is 6.04 Å². The molecular formula is C25H33BrN2O3. The summed E-state index contributed by atoms with van der Waals surface area (Å²) in [6.07, 6.45) is 0.829. The maximum absolute atomic E-state index is 13.2. The van der Waals surface area contributed by atoms with E-state index in [1.807, 2.05) is 71.0 Å². The van der Waals surface area contributed by atoms with E-state index in [0.29, 0.717) is 12.3 Å². The molecule has 0 heterocycles. The summed E-state index contributed by atoms with van der Waals surface area (Å²) in [6, 6.07) is 11.2. The standard InChI is InChI=1S/C25H33BrN2O3/c1-7-19(5)27-25(30)20(6)28(14-21-10-8-9-16(2)11-21)23(29)15-31-22-12-17(3)24(26)18(4)13-22/h8-13,19-20H,7,14-15H2,1-6H3,(H,27,30)/t19-,20+/m1/s1. The van der Waals surface area contributed by atoms with Crippen molar-refractivity contribution >= 4 is 27.7 Å². The predicted octanol–water partition coefficient (Wildman–Crippen LogP) is 5.09. The highest BCUT2D eigenvalue weighted by Crippen LogP contribution is 2.26. The minimum atomic E-state index is -0.612. The van der Waals surface area contributed by atoms with E-state index in [2.05, 4.69) is 21.2 Å². The van der Waals surface area contributed by atoms with Gasteiger partial charge in [-0.3, -0.25) is 9.59 Å². The maximum Gasteiger partial charge on any atom is 0.261 e. The normalized spacial score (nSPS) is 12.7. The van der Waals surface area contributed by atoms with Crippen LogP contribution in [-0.4, -0.2) is 35.4 Å². The molecule has 0 aliphatic heterocycles. The van der Waals surface area contributed by atoms with Crippen LogP contribution in [0.4, 0.5) is 0 Å². The molecule has 0 fully saturated rings. The molecule has 31 heavy (non-hydrogen) atoms. The lowest BCUT2D eigenvalue weighted by Crippen LogP contribution is -2.50. The number of rotatable bonds is 9. The lowest BCUT2D eigenvalue weighted by atomic mass is 10.1. The van der Waals surface area contributed by atoms with Gasteiger partial charge in [-0.25, -0.2) is 0 Å². The van der Waals surface area contributed by atoms with Crippen molar-refractivity contribution in [1.82, 2.24) is 10.2 Å². The molecule has 2 rings (SSSR count). The molecule has 0 saturated heterocycles. The highest BCUT2D eigenvalue weighted by Gasteiger charge is 2.27. The van der Waals surface area contributed by atoms with Gasteiger partial charge in [-0.05, 0) is 69.9 Å². The highest BCUT2D eigenvalue weighted by molar-refractivity contribution is 9.10. The summed E-state index contributed by atoms with van der Waals surface area (Å²) in [4.78, 5) is 27.5. The summed E-state index contributed by atoms with van der Waals surface area (Å²) in [6.45, 7) is 11.9. The van der Waals surface area contributed by atoms with Gasteiger partial charge in [-0.1, -0.05) is 52.7 Å². The Balaban J connectivity index is 2.19. The number of hydrogen-bond donors (Lipinski definition) is 1. The van der Waals surface area contributed by atoms with E-state index >= 15 is 0 Å². The van der Waals surface area contributed by atoms with Crippen LogP contribution in [0.1, 0.15) is 49.4 Å². The SMILES string of the molecule is CC[C@@H](C)NC(=O)[C@H](C)N(Cc1cccc(C)c1)C(=O)COc1cc(C)c(Br)c(C)c1. The van der Waals surface area contributed by atoms with Gasteiger partial charge in [0.2, 0.25) is 5.91 Å². The average molecular weight is 489 g/mol. The summed E-state index contributed by atoms with van der Waals surface area (Å²) >= 11 is 3.54. The number of nitrogens with one attached hydrogen (secondary N) is 1. The smallest absolute Gasteiger partial charge is 0.261 e. The molecule has 0 bridgehead atoms. The molecule has 1 N–H and O–H groups in total. The second-order valence-corrected chi connectivity index (χ2v) is 8.96. The summed E-state index contributed by atoms with van der Waals surface area (Å²) in [5.41, 5.74) is 4.17. The Kier molecular flexibility index (Phi) is 9.11. The molecule has 0 aromatic heterocycles. The summed E-state index contributed by atoms with van der Waals surface area (Å²) in [5, 5.41) is 2.98. The van der Waals surface area contributed by atoms with Gasteiger partial charge in [0.05, 0.1) is 0 Å². The van der Waals surface area contributed by atoms with E-state index in [4.69, 9.17) is 4.74 Å². The first-order valence-electron chi connectivity index (χ1n) is 10.7. The van der Waals surface area contributed by atoms with Crippen LogP contribution in [0.3, 0.4) is 0 Å². The predicted molar refractivity (Wildman–Crippen MR) is 128 cm³/mol. The molecule has 2 amide bonds. The molecule has 0 radical (unpaired) electrons. The van der Waals surface area contributed by atoms with Gasteiger partial charge in [0.25, 0.3) is 5.91 Å². The molecule has 2 aromatic carbocycles. The molecule has 2 aromatic rings. The quantitative estimate of drug-likeness (QED) is 0.534. The van der Waals surface area contributed by atoms with Crippen LogP contribution in [0.15, 0.2) is 40.9 Å². The molecule has 0 spiro atoms. The zero-order chi connectivity index (χ0) is 23.1. The number of nitrogens with zero attached hydrogens (tertiary/aromatic N) is 1. The molecule has 5 nitrogen and oxygen atoms in total. The fourth-order valence-electron chi connectivity index (χ4n) is 3.27. The van der Waals surface area contributed by atoms with Gasteiger partial charge in [0.1, 0.15) is 11.8 Å². The second kappa shape index (κ2) is 11.3. The number of hydrogen-bond acceptors (Lipinski definition) is 3. The number of carbonyl (C=O) groups excluding carboxylic acids is 2. The molecule has 168 valence electrons. The van der Waals surface area contributed by atoms with Gasteiger partial charge in [-0.15, -0.1) is 0 Å². The number of benzene rings is 2. The molecule has 0 aliphatic rings. The van der Waals surface area contributed by atoms with Crippen LogP contribution >= 0.6 is 15.9 Å². The second-order valence-electron chi connectivity index (χ2n) is 8.16. The van der Waals surface area contributed by atoms with Crippen molar-refractivity contribution in [3.63, 3.8) is 0 Å². The minimum absolute atomic E-state index is 0.0517. The van der Waals surface area contributed by atoms with E-state index in [-0.39, 0.29) is 24.5 Å². The largest absolute Gasteiger partial charge is 0.484 e. The van der Waals surface area contributed by atoms with Gasteiger partial charge in [0, 0.05) is 17.1 Å². The summed E-state index contributed by atoms with van der Waals surface area (Å²) < 4.78 is 6.85. The molecular weight excluding hydrogens is 456 g/mol. The number of carbonyl (C=O) groups is 2. The molecule has 0 saturated carbocycles. The van der Waals surface area contributed by atoms with Crippen molar-refractivity contribution in [2.75, 3.05) is 6.61 Å². The van der Waals surface area contributed by atoms with Crippen molar-refractivity contribution < 1.29 is 14.3 Å². The van der Waals surface area contributed by atoms with Crippen molar-refractivity contribution in [3.8, 4) is 5.75 Å². The van der Waals surface area contributed by atoms with Gasteiger partial charge in [-0.2, -0.15) is 0 Å². The summed E-state index contributed by atoms with van der Waals surface area (Å²) in [7, 11) is 0. The van der Waals surface area contributed by atoms with E-state index in [0.717, 1.165) is 33.1 Å². The molecule has 6 heteroatoms. The van der Waals surface area contributed by atoms with E-state index in [1.54, 1.807) is 11.8 Å². The molecule has 0 unspecified atom stereocenters. The van der Waals surface area contributed by atoms with Crippen molar-refractivity contribution in [1.29, 1.82) is 0 Å². The number of aryl methyl sites for hydroxylation is 3. The third kappa shape index (κ3) is 7.10. The topological polar surface area (TPSA) is 58.6 Å². The minimum Gasteiger partial charge on any atom is -0.484 e. The first-order valence-corrected chi connectivity index (χ1v) is 11.5. The van der Waals surface area contributed by atoms with Crippen LogP contribution in [0.25, 0.3) is 0 Å². The summed E-state index contributed by atoms with van der Waals surface area (Å²) in [5.74, 6) is 0.246. The van der Waals surface area contributed by atoms with Gasteiger partial charge < -0.3 is 15.0 Å². The van der Waals surface area contributed by atoms with Crippen molar-refractivity contribution in [3.05, 3.63) is 63.1 Å². The fraction of sp³-hybridized carbons (Fsp3) is 0.440. The Hall–Kier alpha value is -2.34. The van der Waals surface area contributed by atoms with Crippen LogP contribution in [0.5, 0.6) is 5.75 Å². The third-order valence-electron chi connectivity index (χ3n) is 5.38. The Labute approximate surface area is 194 Å². The molecule has 0 aliphatic carbocycles. The number of halogens is 1. The van der Waals surface area contributed by atoms with Gasteiger partial charge >= 0.3 is 0 Å². The maximum atomic E-state index is 13.2. The lowest BCUT2D eigenvalue weighted by molar-refractivity contribution is -0.142. The lowest BCUT2D eigenvalue weighted by Gasteiger charge is -2.29. The third-order valence-corrected chi connectivity index (χ3v) is 6.63.